The molecule has 2 aromatic heterocycles. The maximum atomic E-state index is 13.2. The van der Waals surface area contributed by atoms with E-state index in [1.165, 1.54) is 16.9 Å². The highest BCUT2D eigenvalue weighted by Crippen LogP contribution is 2.45. The average molecular weight is 463 g/mol. The summed E-state index contributed by atoms with van der Waals surface area (Å²) in [6, 6.07) is 17.5. The Bertz CT molecular complexity index is 1250. The molecule has 0 amide bonds. The molecule has 0 bridgehead atoms. The number of thiophene rings is 1. The quantitative estimate of drug-likeness (QED) is 0.357. The molecule has 1 aliphatic rings. The van der Waals surface area contributed by atoms with Gasteiger partial charge in [0.1, 0.15) is 9.71 Å². The standard InChI is InChI=1S/C24H19BrN2OS/c25-17-12-6-4-10-15(17)19-16-11-5-7-13-18(16)27-24-20(19)21(26)23(29-24)22(28)14-8-2-1-3-9-14/h1-4,6,8-10,12H,5,7,11,13,26H2. The first-order valence-electron chi connectivity index (χ1n) is 9.73. The Balaban J connectivity index is 1.82. The van der Waals surface area contributed by atoms with Crippen molar-refractivity contribution in [3.8, 4) is 11.1 Å². The summed E-state index contributed by atoms with van der Waals surface area (Å²) in [5, 5.41) is 0.918. The van der Waals surface area contributed by atoms with Crippen molar-refractivity contribution in [1.29, 1.82) is 0 Å². The third-order valence-electron chi connectivity index (χ3n) is 5.54. The highest BCUT2D eigenvalue weighted by Gasteiger charge is 2.26. The van der Waals surface area contributed by atoms with Crippen LogP contribution in [-0.2, 0) is 12.8 Å². The predicted molar refractivity (Wildman–Crippen MR) is 124 cm³/mol. The Labute approximate surface area is 181 Å². The molecule has 3 nitrogen and oxygen atoms in total. The molecule has 0 saturated carbocycles. The summed E-state index contributed by atoms with van der Waals surface area (Å²) in [7, 11) is 0. The van der Waals surface area contributed by atoms with Crippen LogP contribution in [0.15, 0.2) is 59.1 Å². The number of halogens is 1. The average Bonchev–Trinajstić information content (AvgIpc) is 3.09. The second kappa shape index (κ2) is 7.39. The minimum atomic E-state index is -0.0397. The minimum absolute atomic E-state index is 0.0397. The summed E-state index contributed by atoms with van der Waals surface area (Å²) in [4.78, 5) is 19.6. The molecule has 1 aliphatic carbocycles. The number of anilines is 1. The van der Waals surface area contributed by atoms with Gasteiger partial charge in [0.05, 0.1) is 5.69 Å². The molecule has 2 heterocycles. The topological polar surface area (TPSA) is 56.0 Å². The SMILES string of the molecule is Nc1c(C(=O)c2ccccc2)sc2nc3c(c(-c4ccccc4Br)c12)CCCC3. The molecule has 5 rings (SSSR count). The van der Waals surface area contributed by atoms with Crippen molar-refractivity contribution in [3.05, 3.63) is 80.8 Å². The number of hydrogen-bond donors (Lipinski definition) is 1. The maximum absolute atomic E-state index is 13.2. The van der Waals surface area contributed by atoms with Crippen molar-refractivity contribution >= 4 is 49.0 Å². The first-order valence-corrected chi connectivity index (χ1v) is 11.3. The summed E-state index contributed by atoms with van der Waals surface area (Å²) in [5.41, 5.74) is 12.5. The Morgan fingerprint density at radius 2 is 1.72 bits per heavy atom. The number of carbonyl (C=O) groups is 1. The number of hydrogen-bond acceptors (Lipinski definition) is 4. The van der Waals surface area contributed by atoms with Gasteiger partial charge < -0.3 is 5.73 Å². The van der Waals surface area contributed by atoms with Crippen molar-refractivity contribution in [1.82, 2.24) is 4.98 Å². The molecule has 0 saturated heterocycles. The van der Waals surface area contributed by atoms with Crippen LogP contribution >= 0.6 is 27.3 Å². The van der Waals surface area contributed by atoms with E-state index in [2.05, 4.69) is 28.1 Å². The summed E-state index contributed by atoms with van der Waals surface area (Å²) < 4.78 is 1.03. The second-order valence-electron chi connectivity index (χ2n) is 7.32. The molecule has 2 N–H and O–H groups in total. The normalized spacial score (nSPS) is 13.4. The van der Waals surface area contributed by atoms with Crippen LogP contribution in [0.2, 0.25) is 0 Å². The first-order chi connectivity index (χ1) is 14.1. The Morgan fingerprint density at radius 1 is 1.00 bits per heavy atom. The Kier molecular flexibility index (Phi) is 4.72. The van der Waals surface area contributed by atoms with E-state index in [1.54, 1.807) is 0 Å². The van der Waals surface area contributed by atoms with Gasteiger partial charge in [0.25, 0.3) is 0 Å². The molecule has 2 aromatic carbocycles. The van der Waals surface area contributed by atoms with Gasteiger partial charge in [-0.05, 0) is 42.9 Å². The van der Waals surface area contributed by atoms with Gasteiger partial charge in [0, 0.05) is 26.7 Å². The minimum Gasteiger partial charge on any atom is -0.397 e. The summed E-state index contributed by atoms with van der Waals surface area (Å²) in [6.45, 7) is 0. The van der Waals surface area contributed by atoms with E-state index >= 15 is 0 Å². The predicted octanol–water partition coefficient (Wildman–Crippen LogP) is 6.42. The van der Waals surface area contributed by atoms with Gasteiger partial charge in [-0.1, -0.05) is 64.5 Å². The smallest absolute Gasteiger partial charge is 0.205 e. The van der Waals surface area contributed by atoms with Gasteiger partial charge in [0.15, 0.2) is 0 Å². The highest BCUT2D eigenvalue weighted by molar-refractivity contribution is 9.10. The van der Waals surface area contributed by atoms with E-state index in [4.69, 9.17) is 10.7 Å². The molecular formula is C24H19BrN2OS. The lowest BCUT2D eigenvalue weighted by molar-refractivity contribution is 0.104. The van der Waals surface area contributed by atoms with Gasteiger partial charge in [-0.25, -0.2) is 4.98 Å². The van der Waals surface area contributed by atoms with E-state index in [9.17, 15) is 4.79 Å². The van der Waals surface area contributed by atoms with Crippen LogP contribution in [0, 0.1) is 0 Å². The molecule has 5 heteroatoms. The van der Waals surface area contributed by atoms with Crippen LogP contribution in [0.1, 0.15) is 39.3 Å². The number of benzene rings is 2. The van der Waals surface area contributed by atoms with Crippen molar-refractivity contribution in [2.75, 3.05) is 5.73 Å². The van der Waals surface area contributed by atoms with E-state index < -0.39 is 0 Å². The van der Waals surface area contributed by atoms with Crippen molar-refractivity contribution in [3.63, 3.8) is 0 Å². The number of aromatic nitrogens is 1. The molecule has 0 fully saturated rings. The van der Waals surface area contributed by atoms with Crippen molar-refractivity contribution in [2.24, 2.45) is 0 Å². The number of nitrogen functional groups attached to an aromatic ring is 1. The number of ketones is 1. The molecule has 144 valence electrons. The lowest BCUT2D eigenvalue weighted by Crippen LogP contribution is -2.08. The Morgan fingerprint density at radius 3 is 2.52 bits per heavy atom. The van der Waals surface area contributed by atoms with Crippen molar-refractivity contribution in [2.45, 2.75) is 25.7 Å². The second-order valence-corrected chi connectivity index (χ2v) is 9.17. The molecule has 0 spiro atoms. The fraction of sp³-hybridized carbons (Fsp3) is 0.167. The fourth-order valence-electron chi connectivity index (χ4n) is 4.16. The molecule has 29 heavy (non-hydrogen) atoms. The number of carbonyl (C=O) groups excluding carboxylic acids is 1. The van der Waals surface area contributed by atoms with Crippen LogP contribution in [-0.4, -0.2) is 10.8 Å². The molecule has 0 unspecified atom stereocenters. The largest absolute Gasteiger partial charge is 0.397 e. The zero-order valence-electron chi connectivity index (χ0n) is 15.7. The van der Waals surface area contributed by atoms with Gasteiger partial charge in [-0.15, -0.1) is 11.3 Å². The molecule has 0 atom stereocenters. The molecular weight excluding hydrogens is 444 g/mol. The third-order valence-corrected chi connectivity index (χ3v) is 7.33. The van der Waals surface area contributed by atoms with Crippen LogP contribution in [0.3, 0.4) is 0 Å². The molecule has 0 aliphatic heterocycles. The van der Waals surface area contributed by atoms with Gasteiger partial charge in [-0.2, -0.15) is 0 Å². The third kappa shape index (κ3) is 3.09. The number of nitrogens with zero attached hydrogens (tertiary/aromatic N) is 1. The van der Waals surface area contributed by atoms with Crippen LogP contribution in [0.25, 0.3) is 21.3 Å². The van der Waals surface area contributed by atoms with E-state index in [0.29, 0.717) is 16.1 Å². The van der Waals surface area contributed by atoms with E-state index in [0.717, 1.165) is 57.2 Å². The summed E-state index contributed by atoms with van der Waals surface area (Å²) in [6.07, 6.45) is 4.27. The molecule has 0 radical (unpaired) electrons. The number of pyridine rings is 1. The lowest BCUT2D eigenvalue weighted by Gasteiger charge is -2.20. The fourth-order valence-corrected chi connectivity index (χ4v) is 5.73. The zero-order valence-corrected chi connectivity index (χ0v) is 18.1. The van der Waals surface area contributed by atoms with Gasteiger partial charge >= 0.3 is 0 Å². The van der Waals surface area contributed by atoms with Crippen LogP contribution in [0.5, 0.6) is 0 Å². The summed E-state index contributed by atoms with van der Waals surface area (Å²) >= 11 is 5.13. The maximum Gasteiger partial charge on any atom is 0.205 e. The van der Waals surface area contributed by atoms with E-state index in [1.807, 2.05) is 42.5 Å². The monoisotopic (exact) mass is 462 g/mol. The molecule has 4 aromatic rings. The number of fused-ring (bicyclic) bond motifs is 2. The highest BCUT2D eigenvalue weighted by atomic mass is 79.9. The van der Waals surface area contributed by atoms with Gasteiger partial charge in [0.2, 0.25) is 5.78 Å². The van der Waals surface area contributed by atoms with Crippen molar-refractivity contribution < 1.29 is 4.79 Å². The summed E-state index contributed by atoms with van der Waals surface area (Å²) in [5.74, 6) is -0.0397. The first kappa shape index (κ1) is 18.5. The van der Waals surface area contributed by atoms with E-state index in [-0.39, 0.29) is 5.78 Å². The zero-order chi connectivity index (χ0) is 20.0. The van der Waals surface area contributed by atoms with Gasteiger partial charge in [-0.3, -0.25) is 4.79 Å². The Hall–Kier alpha value is -2.50. The number of aryl methyl sites for hydroxylation is 1. The van der Waals surface area contributed by atoms with Crippen LogP contribution in [0.4, 0.5) is 5.69 Å². The lowest BCUT2D eigenvalue weighted by atomic mass is 9.87. The van der Waals surface area contributed by atoms with Crippen LogP contribution < -0.4 is 5.73 Å². The number of rotatable bonds is 3. The number of nitrogens with two attached hydrogens (primary N) is 1.